The van der Waals surface area contributed by atoms with Crippen molar-refractivity contribution >= 4 is 29.4 Å². The summed E-state index contributed by atoms with van der Waals surface area (Å²) in [6.07, 6.45) is 4.58. The fourth-order valence-corrected chi connectivity index (χ4v) is 1.92. The molecule has 0 unspecified atom stereocenters. The first-order valence-corrected chi connectivity index (χ1v) is 6.67. The Hall–Kier alpha value is -2.54. The quantitative estimate of drug-likeness (QED) is 0.636. The summed E-state index contributed by atoms with van der Waals surface area (Å²) in [5.74, 6) is -0.718. The number of nitrogens with one attached hydrogen (secondary N) is 2. The van der Waals surface area contributed by atoms with Gasteiger partial charge in [-0.2, -0.15) is 5.10 Å². The maximum absolute atomic E-state index is 11.7. The van der Waals surface area contributed by atoms with Gasteiger partial charge in [0, 0.05) is 22.8 Å². The number of rotatable bonds is 5. The number of carbonyl (C=O) groups is 2. The summed E-state index contributed by atoms with van der Waals surface area (Å²) in [5, 5.41) is 8.20. The molecule has 2 N–H and O–H groups in total. The van der Waals surface area contributed by atoms with E-state index in [1.807, 2.05) is 17.5 Å². The van der Waals surface area contributed by atoms with Crippen molar-refractivity contribution in [1.82, 2.24) is 15.7 Å². The highest BCUT2D eigenvalue weighted by molar-refractivity contribution is 7.11. The number of hydrogen-bond donors (Lipinski definition) is 2. The number of thiophene rings is 1. The average Bonchev–Trinajstić information content (AvgIpc) is 2.99. The molecule has 2 aromatic rings. The first-order chi connectivity index (χ1) is 9.75. The molecule has 20 heavy (non-hydrogen) atoms. The molecule has 0 radical (unpaired) electrons. The van der Waals surface area contributed by atoms with Crippen LogP contribution in [0.2, 0.25) is 0 Å². The number of carbonyl (C=O) groups excluding carboxylic acids is 2. The van der Waals surface area contributed by atoms with Gasteiger partial charge in [-0.05, 0) is 23.6 Å². The molecule has 7 heteroatoms. The first-order valence-electron chi connectivity index (χ1n) is 5.79. The fraction of sp³-hybridized carbons (Fsp3) is 0.0769. The highest BCUT2D eigenvalue weighted by Gasteiger charge is 2.06. The molecule has 0 bridgehead atoms. The van der Waals surface area contributed by atoms with Gasteiger partial charge in [-0.1, -0.05) is 6.07 Å². The van der Waals surface area contributed by atoms with E-state index in [0.717, 1.165) is 4.88 Å². The zero-order valence-corrected chi connectivity index (χ0v) is 11.3. The summed E-state index contributed by atoms with van der Waals surface area (Å²) in [6.45, 7) is -0.136. The Labute approximate surface area is 119 Å². The van der Waals surface area contributed by atoms with Crippen molar-refractivity contribution in [2.75, 3.05) is 6.54 Å². The summed E-state index contributed by atoms with van der Waals surface area (Å²) in [6, 6.07) is 6.92. The summed E-state index contributed by atoms with van der Waals surface area (Å²) >= 11 is 1.51. The molecular weight excluding hydrogens is 276 g/mol. The van der Waals surface area contributed by atoms with Gasteiger partial charge in [0.05, 0.1) is 12.8 Å². The van der Waals surface area contributed by atoms with Gasteiger partial charge in [0.15, 0.2) is 0 Å². The van der Waals surface area contributed by atoms with Crippen molar-refractivity contribution in [3.8, 4) is 0 Å². The van der Waals surface area contributed by atoms with E-state index in [4.69, 9.17) is 0 Å². The molecule has 0 saturated carbocycles. The molecule has 0 saturated heterocycles. The third-order valence-electron chi connectivity index (χ3n) is 2.28. The van der Waals surface area contributed by atoms with E-state index < -0.39 is 0 Å². The second kappa shape index (κ2) is 7.15. The normalized spacial score (nSPS) is 10.4. The van der Waals surface area contributed by atoms with Crippen LogP contribution in [0.3, 0.4) is 0 Å². The van der Waals surface area contributed by atoms with Gasteiger partial charge in [0.1, 0.15) is 0 Å². The van der Waals surface area contributed by atoms with Gasteiger partial charge in [0.25, 0.3) is 11.8 Å². The first kappa shape index (κ1) is 13.9. The summed E-state index contributed by atoms with van der Waals surface area (Å²) in [5.41, 5.74) is 2.79. The third-order valence-corrected chi connectivity index (χ3v) is 3.08. The highest BCUT2D eigenvalue weighted by atomic mass is 32.1. The van der Waals surface area contributed by atoms with E-state index in [1.165, 1.54) is 23.7 Å². The van der Waals surface area contributed by atoms with Crippen LogP contribution in [0.25, 0.3) is 0 Å². The van der Waals surface area contributed by atoms with Crippen LogP contribution in [0, 0.1) is 0 Å². The van der Waals surface area contributed by atoms with Crippen molar-refractivity contribution in [2.45, 2.75) is 0 Å². The Kier molecular flexibility index (Phi) is 4.96. The molecule has 0 aliphatic carbocycles. The molecule has 2 heterocycles. The lowest BCUT2D eigenvalue weighted by atomic mass is 10.2. The van der Waals surface area contributed by atoms with Crippen molar-refractivity contribution in [3.63, 3.8) is 0 Å². The SMILES string of the molecule is O=C(CNC(=O)c1ccncc1)N/N=C/c1cccs1. The minimum absolute atomic E-state index is 0.136. The molecular formula is C13H12N4O2S. The van der Waals surface area contributed by atoms with E-state index in [-0.39, 0.29) is 18.4 Å². The van der Waals surface area contributed by atoms with E-state index >= 15 is 0 Å². The molecule has 0 atom stereocenters. The number of aromatic nitrogens is 1. The van der Waals surface area contributed by atoms with Gasteiger partial charge in [-0.3, -0.25) is 14.6 Å². The molecule has 2 aromatic heterocycles. The van der Waals surface area contributed by atoms with E-state index in [0.29, 0.717) is 5.56 Å². The van der Waals surface area contributed by atoms with E-state index in [1.54, 1.807) is 18.3 Å². The lowest BCUT2D eigenvalue weighted by molar-refractivity contribution is -0.120. The van der Waals surface area contributed by atoms with Gasteiger partial charge < -0.3 is 5.32 Å². The Morgan fingerprint density at radius 1 is 1.30 bits per heavy atom. The zero-order chi connectivity index (χ0) is 14.2. The minimum atomic E-state index is -0.389. The fourth-order valence-electron chi connectivity index (χ4n) is 1.34. The maximum Gasteiger partial charge on any atom is 0.259 e. The molecule has 0 aromatic carbocycles. The summed E-state index contributed by atoms with van der Waals surface area (Å²) in [4.78, 5) is 27.9. The standard InChI is InChI=1S/C13H12N4O2S/c18-12(17-16-8-11-2-1-7-20-11)9-15-13(19)10-3-5-14-6-4-10/h1-8H,9H2,(H,15,19)(H,17,18)/b16-8+. The highest BCUT2D eigenvalue weighted by Crippen LogP contribution is 2.03. The molecule has 102 valence electrons. The molecule has 2 rings (SSSR count). The van der Waals surface area contributed by atoms with Crippen molar-refractivity contribution < 1.29 is 9.59 Å². The monoisotopic (exact) mass is 288 g/mol. The Balaban J connectivity index is 1.74. The second-order valence-corrected chi connectivity index (χ2v) is 4.71. The average molecular weight is 288 g/mol. The summed E-state index contributed by atoms with van der Waals surface area (Å²) in [7, 11) is 0. The van der Waals surface area contributed by atoms with E-state index in [2.05, 4.69) is 20.8 Å². The van der Waals surface area contributed by atoms with Crippen molar-refractivity contribution in [1.29, 1.82) is 0 Å². The van der Waals surface area contributed by atoms with Crippen LogP contribution in [0.15, 0.2) is 47.1 Å². The Morgan fingerprint density at radius 2 is 2.10 bits per heavy atom. The maximum atomic E-state index is 11.7. The third kappa shape index (κ3) is 4.29. The van der Waals surface area contributed by atoms with Crippen LogP contribution >= 0.6 is 11.3 Å². The molecule has 0 aliphatic rings. The van der Waals surface area contributed by atoms with Crippen LogP contribution in [-0.2, 0) is 4.79 Å². The van der Waals surface area contributed by atoms with Crippen molar-refractivity contribution in [3.05, 3.63) is 52.5 Å². The van der Waals surface area contributed by atoms with Gasteiger partial charge in [-0.25, -0.2) is 5.43 Å². The predicted molar refractivity (Wildman–Crippen MR) is 76.6 cm³/mol. The second-order valence-electron chi connectivity index (χ2n) is 3.73. The van der Waals surface area contributed by atoms with Gasteiger partial charge >= 0.3 is 0 Å². The zero-order valence-electron chi connectivity index (χ0n) is 10.4. The number of nitrogens with zero attached hydrogens (tertiary/aromatic N) is 2. The van der Waals surface area contributed by atoms with Gasteiger partial charge in [-0.15, -0.1) is 11.3 Å². The largest absolute Gasteiger partial charge is 0.343 e. The van der Waals surface area contributed by atoms with Crippen LogP contribution in [-0.4, -0.2) is 29.6 Å². The van der Waals surface area contributed by atoms with Crippen molar-refractivity contribution in [2.24, 2.45) is 5.10 Å². The number of amides is 2. The van der Waals surface area contributed by atoms with Crippen LogP contribution in [0.5, 0.6) is 0 Å². The molecule has 0 spiro atoms. The number of hydrazone groups is 1. The lowest BCUT2D eigenvalue weighted by Crippen LogP contribution is -2.34. The predicted octanol–water partition coefficient (Wildman–Crippen LogP) is 1.02. The number of hydrogen-bond acceptors (Lipinski definition) is 5. The lowest BCUT2D eigenvalue weighted by Gasteiger charge is -2.03. The molecule has 0 fully saturated rings. The van der Waals surface area contributed by atoms with Crippen LogP contribution in [0.4, 0.5) is 0 Å². The minimum Gasteiger partial charge on any atom is -0.343 e. The molecule has 6 nitrogen and oxygen atoms in total. The van der Waals surface area contributed by atoms with Crippen LogP contribution in [0.1, 0.15) is 15.2 Å². The Morgan fingerprint density at radius 3 is 2.80 bits per heavy atom. The molecule has 0 aliphatic heterocycles. The molecule has 2 amide bonds. The Bertz CT molecular complexity index is 596. The van der Waals surface area contributed by atoms with E-state index in [9.17, 15) is 9.59 Å². The van der Waals surface area contributed by atoms with Crippen LogP contribution < -0.4 is 10.7 Å². The topological polar surface area (TPSA) is 83.5 Å². The van der Waals surface area contributed by atoms with Gasteiger partial charge in [0.2, 0.25) is 0 Å². The smallest absolute Gasteiger partial charge is 0.259 e. The number of pyridine rings is 1. The summed E-state index contributed by atoms with van der Waals surface area (Å²) < 4.78 is 0.